The van der Waals surface area contributed by atoms with Gasteiger partial charge in [-0.25, -0.2) is 0 Å². The molecule has 0 unspecified atom stereocenters. The largest absolute Gasteiger partial charge is 0.507 e. The Balaban J connectivity index is 0.000000290. The van der Waals surface area contributed by atoms with Gasteiger partial charge in [-0.05, 0) is 26.3 Å². The van der Waals surface area contributed by atoms with Crippen LogP contribution in [-0.4, -0.2) is 221 Å². The van der Waals surface area contributed by atoms with Gasteiger partial charge in [0.15, 0.2) is 18.3 Å². The SMILES string of the molecule is CO[C@H]1/C=C/O[C@@]2(C)Oc3c(C)c(O)c4c(O)c(cc(O)c4c3C2=O)NC(=O)/C(C)=C\C=C\[C@H](C)[C@H](O)[C@@H](C)[C@@H](O)[C@@H](C)[C@H](OC(C)=O)[C@@H]1C.NC[C@H]1O[C@H](O[C@H]2[C@H](O)[C@@H](O[C@H]3O[C@H](CO)[C@@H](O)[C@H](N)[C@H]3O)[C@H](N)C[C@@H]2N)[C@H](O)[C@@H](O)[C@@H]1O. The second-order valence-corrected chi connectivity index (χ2v) is 22.2. The summed E-state index contributed by atoms with van der Waals surface area (Å²) in [5.74, 6) is -7.99. The number of phenolic OH excluding ortho intramolecular Hbond substituents is 3. The van der Waals surface area contributed by atoms with Crippen molar-refractivity contribution >= 4 is 34.1 Å². The van der Waals surface area contributed by atoms with E-state index in [2.05, 4.69) is 5.32 Å². The van der Waals surface area contributed by atoms with Crippen LogP contribution in [0.5, 0.6) is 23.0 Å². The highest BCUT2D eigenvalue weighted by Gasteiger charge is 2.53. The molecule has 1 amide bonds. The summed E-state index contributed by atoms with van der Waals surface area (Å²) in [6, 6.07) is -1.80. The average Bonchev–Trinajstić information content (AvgIpc) is 2.20. The number of ketones is 1. The summed E-state index contributed by atoms with van der Waals surface area (Å²) in [5, 5.41) is 129. The van der Waals surface area contributed by atoms with Crippen molar-refractivity contribution in [2.75, 3.05) is 25.6 Å². The molecule has 466 valence electrons. The van der Waals surface area contributed by atoms with Crippen molar-refractivity contribution < 1.29 is 114 Å². The summed E-state index contributed by atoms with van der Waals surface area (Å²) in [5.41, 5.74) is 23.4. The molecule has 6 aliphatic rings. The highest BCUT2D eigenvalue weighted by molar-refractivity contribution is 6.21. The molecule has 8 rings (SSSR count). The third kappa shape index (κ3) is 13.8. The third-order valence-corrected chi connectivity index (χ3v) is 16.3. The van der Waals surface area contributed by atoms with Crippen LogP contribution in [0.15, 0.2) is 42.2 Å². The van der Waals surface area contributed by atoms with Gasteiger partial charge in [-0.2, -0.15) is 0 Å². The number of rotatable bonds is 8. The number of benzene rings is 2. The molecule has 2 saturated heterocycles. The minimum atomic E-state index is -1.98. The molecule has 2 aromatic rings. The van der Waals surface area contributed by atoms with Crippen LogP contribution in [0.1, 0.15) is 70.8 Å². The van der Waals surface area contributed by atoms with Gasteiger partial charge in [-0.3, -0.25) is 14.4 Å². The lowest BCUT2D eigenvalue weighted by Gasteiger charge is -2.48. The Morgan fingerprint density at radius 3 is 1.93 bits per heavy atom. The van der Waals surface area contributed by atoms with Gasteiger partial charge in [0, 0.05) is 85.8 Å². The van der Waals surface area contributed by atoms with E-state index in [0.29, 0.717) is 0 Å². The maximum absolute atomic E-state index is 13.9. The number of ether oxygens (including phenoxy) is 8. The molecule has 5 aliphatic heterocycles. The molecule has 83 heavy (non-hydrogen) atoms. The third-order valence-electron chi connectivity index (χ3n) is 16.3. The number of nitrogens with two attached hydrogens (primary N) is 4. The number of amides is 1. The first-order valence-electron chi connectivity index (χ1n) is 27.2. The summed E-state index contributed by atoms with van der Waals surface area (Å²) in [6.07, 6.45) is -12.8. The Labute approximate surface area is 478 Å². The van der Waals surface area contributed by atoms with E-state index in [1.165, 1.54) is 53.2 Å². The van der Waals surface area contributed by atoms with Crippen molar-refractivity contribution in [3.63, 3.8) is 0 Å². The van der Waals surface area contributed by atoms with E-state index in [0.717, 1.165) is 6.07 Å². The molecule has 28 heteroatoms. The zero-order chi connectivity index (χ0) is 62.0. The maximum atomic E-state index is 13.9. The van der Waals surface area contributed by atoms with Crippen molar-refractivity contribution in [2.24, 2.45) is 46.6 Å². The number of hydrogen-bond donors (Lipinski definition) is 17. The zero-order valence-electron chi connectivity index (χ0n) is 47.5. The number of allylic oxidation sites excluding steroid dienone is 2. The van der Waals surface area contributed by atoms with E-state index in [1.807, 2.05) is 0 Å². The highest BCUT2D eigenvalue weighted by Crippen LogP contribution is 2.54. The predicted molar refractivity (Wildman–Crippen MR) is 292 cm³/mol. The molecule has 1 aliphatic carbocycles. The molecule has 0 spiro atoms. The lowest BCUT2D eigenvalue weighted by Crippen LogP contribution is -2.68. The quantitative estimate of drug-likeness (QED) is 0.0736. The molecule has 3 fully saturated rings. The van der Waals surface area contributed by atoms with Gasteiger partial charge in [-0.1, -0.05) is 45.9 Å². The molecule has 5 heterocycles. The molecule has 5 bridgehead atoms. The first-order valence-corrected chi connectivity index (χ1v) is 27.2. The fourth-order valence-corrected chi connectivity index (χ4v) is 11.1. The van der Waals surface area contributed by atoms with E-state index in [1.54, 1.807) is 39.8 Å². The minimum absolute atomic E-state index is 0.0709. The number of hydrogen-bond acceptors (Lipinski definition) is 27. The van der Waals surface area contributed by atoms with Crippen LogP contribution in [-0.2, 0) is 42.7 Å². The normalized spacial score (nSPS) is 41.4. The molecule has 0 radical (unpaired) electrons. The number of anilines is 1. The predicted octanol–water partition coefficient (Wildman–Crippen LogP) is -2.54. The second kappa shape index (κ2) is 27.5. The van der Waals surface area contributed by atoms with Crippen LogP contribution in [0, 0.1) is 30.6 Å². The van der Waals surface area contributed by atoms with Gasteiger partial charge in [-0.15, -0.1) is 0 Å². The van der Waals surface area contributed by atoms with Crippen LogP contribution in [0.25, 0.3) is 10.8 Å². The van der Waals surface area contributed by atoms with Crippen molar-refractivity contribution in [3.05, 3.63) is 53.3 Å². The smallest absolute Gasteiger partial charge is 0.312 e. The number of esters is 1. The molecule has 2 aromatic carbocycles. The van der Waals surface area contributed by atoms with Crippen LogP contribution >= 0.6 is 0 Å². The number of phenols is 3. The van der Waals surface area contributed by atoms with Crippen molar-refractivity contribution in [1.29, 1.82) is 0 Å². The van der Waals surface area contributed by atoms with Crippen LogP contribution in [0.4, 0.5) is 5.69 Å². The van der Waals surface area contributed by atoms with Gasteiger partial charge >= 0.3 is 11.8 Å². The zero-order valence-corrected chi connectivity index (χ0v) is 47.5. The molecule has 1 saturated carbocycles. The Bertz CT molecular complexity index is 2660. The standard InChI is InChI=1S/C37H47NO12.C18H36N4O11/c1-16-11-10-12-17(2)36(46)38-23-15-24(40)26-27(32(23)44)31(43)21(6)34-28(26)35(45)37(8,50-34)48-14-13-25(47-9)18(3)33(49-22(7)39)20(5)30(42)19(4)29(16)41;19-2-6-10(25)12(27)13(28)18(30-6)33-16-5(21)1-4(20)15(14(16)29)32-17-11(26)8(22)9(24)7(3-23)31-17/h10-16,18-20,25,29-30,33,40-44H,1-9H3,(H,38,46);4-18,23-29H,1-3,19-22H2/b11-10+,14-13+,17-12-;/t16-,18+,19+,20+,25-,29-,30+,33+,37-;4-,5+,6-,7-,8+,9-,10-,11-,12+,13-,14-,15+,16-,17-,18-/m01/s1. The van der Waals surface area contributed by atoms with Gasteiger partial charge in [0.05, 0.1) is 53.9 Å². The van der Waals surface area contributed by atoms with Gasteiger partial charge < -0.3 is 127 Å². The number of aliphatic hydroxyl groups is 9. The highest BCUT2D eigenvalue weighted by atomic mass is 16.7. The first-order chi connectivity index (χ1) is 38.9. The Morgan fingerprint density at radius 2 is 1.35 bits per heavy atom. The fraction of sp³-hybridized carbons (Fsp3) is 0.655. The van der Waals surface area contributed by atoms with E-state index in [9.17, 15) is 75.7 Å². The number of Topliss-reactive ketones (excluding diaryl/α,β-unsaturated/α-hetero) is 1. The van der Waals surface area contributed by atoms with Gasteiger partial charge in [0.2, 0.25) is 0 Å². The number of aromatic hydroxyl groups is 3. The summed E-state index contributed by atoms with van der Waals surface area (Å²) in [7, 11) is 1.43. The number of fused-ring (bicyclic) bond motifs is 14. The number of aliphatic hydroxyl groups excluding tert-OH is 9. The maximum Gasteiger partial charge on any atom is 0.312 e. The van der Waals surface area contributed by atoms with Crippen LogP contribution in [0.2, 0.25) is 0 Å². The molecule has 24 atom stereocenters. The fourth-order valence-electron chi connectivity index (χ4n) is 11.1. The number of carbonyl (C=O) groups is 3. The lowest BCUT2D eigenvalue weighted by atomic mass is 9.78. The van der Waals surface area contributed by atoms with Crippen LogP contribution in [0.3, 0.4) is 0 Å². The minimum Gasteiger partial charge on any atom is -0.507 e. The molecule has 0 aromatic heterocycles. The van der Waals surface area contributed by atoms with Crippen LogP contribution < -0.4 is 33.0 Å². The van der Waals surface area contributed by atoms with E-state index in [4.69, 9.17) is 60.8 Å². The monoisotopic (exact) mass is 1180 g/mol. The first kappa shape index (κ1) is 66.9. The van der Waals surface area contributed by atoms with E-state index in [-0.39, 0.29) is 51.9 Å². The van der Waals surface area contributed by atoms with Crippen molar-refractivity contribution in [2.45, 2.75) is 184 Å². The number of methoxy groups -OCH3 is 1. The van der Waals surface area contributed by atoms with E-state index >= 15 is 0 Å². The lowest BCUT2D eigenvalue weighted by molar-refractivity contribution is -0.332. The average molecular weight is 1180 g/mol. The summed E-state index contributed by atoms with van der Waals surface area (Å²) in [4.78, 5) is 39.2. The summed E-state index contributed by atoms with van der Waals surface area (Å²) in [6.45, 7) is 11.7. The molecule has 28 nitrogen and oxygen atoms in total. The van der Waals surface area contributed by atoms with E-state index < -0.39 is 187 Å². The second-order valence-electron chi connectivity index (χ2n) is 22.2. The van der Waals surface area contributed by atoms with Crippen molar-refractivity contribution in [3.8, 4) is 23.0 Å². The van der Waals surface area contributed by atoms with Gasteiger partial charge in [0.1, 0.15) is 84.4 Å². The Morgan fingerprint density at radius 1 is 0.747 bits per heavy atom. The molecular weight excluding hydrogens is 1100 g/mol. The number of carbonyl (C=O) groups excluding carboxylic acids is 3. The summed E-state index contributed by atoms with van der Waals surface area (Å²) < 4.78 is 45.4. The topological polar surface area (TPSA) is 484 Å². The molecular formula is C55H83N5O23. The Kier molecular flexibility index (Phi) is 22.1. The van der Waals surface area contributed by atoms with Crippen molar-refractivity contribution in [1.82, 2.24) is 0 Å². The van der Waals surface area contributed by atoms with Gasteiger partial charge in [0.25, 0.3) is 11.7 Å². The number of nitrogens with one attached hydrogen (secondary N) is 1. The Hall–Kier alpha value is -5.19. The summed E-state index contributed by atoms with van der Waals surface area (Å²) >= 11 is 0. The molecule has 21 N–H and O–H groups in total.